The summed E-state index contributed by atoms with van der Waals surface area (Å²) in [5.74, 6) is 0.794. The standard InChI is InChI=1S/C14H21F2NO2/c1-3-17-12(8-9-19-10-14(15)16)11-6-4-5-7-13(11)18-2/h4-7,12,14,17H,3,8-10H2,1-2H3. The van der Waals surface area contributed by atoms with Gasteiger partial charge < -0.3 is 14.8 Å². The third-order valence-corrected chi connectivity index (χ3v) is 2.76. The molecule has 0 heterocycles. The lowest BCUT2D eigenvalue weighted by Gasteiger charge is -2.20. The minimum atomic E-state index is -2.41. The summed E-state index contributed by atoms with van der Waals surface area (Å²) in [4.78, 5) is 0. The first kappa shape index (κ1) is 15.9. The Balaban J connectivity index is 2.60. The van der Waals surface area contributed by atoms with Crippen molar-refractivity contribution in [1.29, 1.82) is 0 Å². The zero-order valence-electron chi connectivity index (χ0n) is 11.4. The highest BCUT2D eigenvalue weighted by Gasteiger charge is 2.15. The van der Waals surface area contributed by atoms with Gasteiger partial charge in [-0.2, -0.15) is 0 Å². The van der Waals surface area contributed by atoms with Gasteiger partial charge >= 0.3 is 0 Å². The molecule has 0 aliphatic heterocycles. The second-order valence-electron chi connectivity index (χ2n) is 4.11. The highest BCUT2D eigenvalue weighted by Crippen LogP contribution is 2.26. The van der Waals surface area contributed by atoms with Crippen LogP contribution in [0.3, 0.4) is 0 Å². The van der Waals surface area contributed by atoms with Crippen molar-refractivity contribution in [2.24, 2.45) is 0 Å². The van der Waals surface area contributed by atoms with Crippen molar-refractivity contribution in [3.8, 4) is 5.75 Å². The van der Waals surface area contributed by atoms with Gasteiger partial charge in [-0.1, -0.05) is 25.1 Å². The van der Waals surface area contributed by atoms with Crippen LogP contribution in [0.25, 0.3) is 0 Å². The van der Waals surface area contributed by atoms with Gasteiger partial charge in [-0.25, -0.2) is 8.78 Å². The second-order valence-corrected chi connectivity index (χ2v) is 4.11. The molecule has 0 saturated carbocycles. The molecule has 0 aliphatic carbocycles. The maximum absolute atomic E-state index is 12.0. The molecule has 0 aliphatic rings. The molecule has 1 atom stereocenters. The van der Waals surface area contributed by atoms with Crippen LogP contribution in [0, 0.1) is 0 Å². The molecule has 0 aromatic heterocycles. The van der Waals surface area contributed by atoms with Gasteiger partial charge in [0.05, 0.1) is 7.11 Å². The molecular weight excluding hydrogens is 252 g/mol. The Morgan fingerprint density at radius 3 is 2.63 bits per heavy atom. The Kier molecular flexibility index (Phi) is 7.36. The molecule has 1 rings (SSSR count). The van der Waals surface area contributed by atoms with Gasteiger partial charge in [-0.3, -0.25) is 0 Å². The highest BCUT2D eigenvalue weighted by molar-refractivity contribution is 5.35. The smallest absolute Gasteiger partial charge is 0.261 e. The van der Waals surface area contributed by atoms with Crippen molar-refractivity contribution in [2.75, 3.05) is 26.9 Å². The highest BCUT2D eigenvalue weighted by atomic mass is 19.3. The normalized spacial score (nSPS) is 12.7. The quantitative estimate of drug-likeness (QED) is 0.702. The Hall–Kier alpha value is -1.20. The van der Waals surface area contributed by atoms with Gasteiger partial charge in [-0.15, -0.1) is 0 Å². The van der Waals surface area contributed by atoms with Gasteiger partial charge in [0, 0.05) is 18.2 Å². The van der Waals surface area contributed by atoms with Gasteiger partial charge in [0.25, 0.3) is 6.43 Å². The summed E-state index contributed by atoms with van der Waals surface area (Å²) in [5.41, 5.74) is 1.02. The number of halogens is 2. The van der Waals surface area contributed by atoms with E-state index in [0.717, 1.165) is 17.9 Å². The minimum Gasteiger partial charge on any atom is -0.496 e. The third-order valence-electron chi connectivity index (χ3n) is 2.76. The van der Waals surface area contributed by atoms with E-state index < -0.39 is 13.0 Å². The zero-order chi connectivity index (χ0) is 14.1. The number of nitrogens with one attached hydrogen (secondary N) is 1. The lowest BCUT2D eigenvalue weighted by atomic mass is 10.0. The molecule has 0 saturated heterocycles. The lowest BCUT2D eigenvalue weighted by Crippen LogP contribution is -2.23. The average molecular weight is 273 g/mol. The molecule has 5 heteroatoms. The van der Waals surface area contributed by atoms with Crippen molar-refractivity contribution in [1.82, 2.24) is 5.32 Å². The van der Waals surface area contributed by atoms with Crippen LogP contribution in [0.1, 0.15) is 24.9 Å². The van der Waals surface area contributed by atoms with Crippen molar-refractivity contribution >= 4 is 0 Å². The zero-order valence-corrected chi connectivity index (χ0v) is 11.4. The molecule has 1 aromatic carbocycles. The van der Waals surface area contributed by atoms with Crippen LogP contribution in [-0.2, 0) is 4.74 Å². The van der Waals surface area contributed by atoms with E-state index in [2.05, 4.69) is 5.32 Å². The van der Waals surface area contributed by atoms with Crippen LogP contribution in [0.2, 0.25) is 0 Å². The molecule has 1 aromatic rings. The Labute approximate surface area is 112 Å². The van der Waals surface area contributed by atoms with Crippen LogP contribution in [0.5, 0.6) is 5.75 Å². The van der Waals surface area contributed by atoms with E-state index in [1.807, 2.05) is 31.2 Å². The van der Waals surface area contributed by atoms with E-state index in [4.69, 9.17) is 9.47 Å². The Bertz CT molecular complexity index is 361. The van der Waals surface area contributed by atoms with Crippen molar-refractivity contribution in [3.05, 3.63) is 29.8 Å². The second kappa shape index (κ2) is 8.82. The van der Waals surface area contributed by atoms with Crippen LogP contribution >= 0.6 is 0 Å². The van der Waals surface area contributed by atoms with Gasteiger partial charge in [-0.05, 0) is 19.0 Å². The van der Waals surface area contributed by atoms with Crippen LogP contribution in [-0.4, -0.2) is 33.3 Å². The van der Waals surface area contributed by atoms with Gasteiger partial charge in [0.1, 0.15) is 12.4 Å². The van der Waals surface area contributed by atoms with E-state index in [1.165, 1.54) is 0 Å². The van der Waals surface area contributed by atoms with Crippen molar-refractivity contribution in [2.45, 2.75) is 25.8 Å². The van der Waals surface area contributed by atoms with E-state index in [-0.39, 0.29) is 6.04 Å². The summed E-state index contributed by atoms with van der Waals surface area (Å²) in [6.07, 6.45) is -1.79. The summed E-state index contributed by atoms with van der Waals surface area (Å²) in [7, 11) is 1.62. The minimum absolute atomic E-state index is 0.0406. The third kappa shape index (κ3) is 5.53. The van der Waals surface area contributed by atoms with Crippen LogP contribution < -0.4 is 10.1 Å². The fourth-order valence-corrected chi connectivity index (χ4v) is 1.94. The lowest BCUT2D eigenvalue weighted by molar-refractivity contribution is 0.0143. The van der Waals surface area contributed by atoms with Gasteiger partial charge in [0.15, 0.2) is 0 Å². The molecule has 0 spiro atoms. The molecule has 108 valence electrons. The fourth-order valence-electron chi connectivity index (χ4n) is 1.94. The van der Waals surface area contributed by atoms with Gasteiger partial charge in [0.2, 0.25) is 0 Å². The molecule has 19 heavy (non-hydrogen) atoms. The number of para-hydroxylation sites is 1. The van der Waals surface area contributed by atoms with E-state index >= 15 is 0 Å². The number of alkyl halides is 2. The molecule has 0 fully saturated rings. The van der Waals surface area contributed by atoms with E-state index in [0.29, 0.717) is 13.0 Å². The van der Waals surface area contributed by atoms with Crippen LogP contribution in [0.4, 0.5) is 8.78 Å². The topological polar surface area (TPSA) is 30.5 Å². The first-order valence-electron chi connectivity index (χ1n) is 6.41. The maximum Gasteiger partial charge on any atom is 0.261 e. The predicted molar refractivity (Wildman–Crippen MR) is 70.9 cm³/mol. The number of methoxy groups -OCH3 is 1. The average Bonchev–Trinajstić information content (AvgIpc) is 2.42. The molecule has 3 nitrogen and oxygen atoms in total. The maximum atomic E-state index is 12.0. The fraction of sp³-hybridized carbons (Fsp3) is 0.571. The van der Waals surface area contributed by atoms with E-state index in [9.17, 15) is 8.78 Å². The summed E-state index contributed by atoms with van der Waals surface area (Å²) in [6.45, 7) is 2.57. The number of rotatable bonds is 9. The largest absolute Gasteiger partial charge is 0.496 e. The summed E-state index contributed by atoms with van der Waals surface area (Å²) in [6, 6.07) is 7.73. The number of ether oxygens (including phenoxy) is 2. The molecule has 0 bridgehead atoms. The molecule has 0 amide bonds. The molecule has 1 N–H and O–H groups in total. The summed E-state index contributed by atoms with van der Waals surface area (Å²) >= 11 is 0. The summed E-state index contributed by atoms with van der Waals surface area (Å²) < 4.78 is 34.2. The van der Waals surface area contributed by atoms with Crippen molar-refractivity contribution < 1.29 is 18.3 Å². The SMILES string of the molecule is CCNC(CCOCC(F)F)c1ccccc1OC. The first-order chi connectivity index (χ1) is 9.19. The monoisotopic (exact) mass is 273 g/mol. The van der Waals surface area contributed by atoms with Crippen LogP contribution in [0.15, 0.2) is 24.3 Å². The number of hydrogen-bond donors (Lipinski definition) is 1. The van der Waals surface area contributed by atoms with Crippen molar-refractivity contribution in [3.63, 3.8) is 0 Å². The predicted octanol–water partition coefficient (Wildman–Crippen LogP) is 3.02. The molecule has 0 radical (unpaired) electrons. The number of hydrogen-bond acceptors (Lipinski definition) is 3. The molecule has 1 unspecified atom stereocenters. The van der Waals surface area contributed by atoms with E-state index in [1.54, 1.807) is 7.11 Å². The Morgan fingerprint density at radius 2 is 2.00 bits per heavy atom. The summed E-state index contributed by atoms with van der Waals surface area (Å²) in [5, 5.41) is 3.31. The number of benzene rings is 1. The molecular formula is C14H21F2NO2. The first-order valence-corrected chi connectivity index (χ1v) is 6.41. The Morgan fingerprint density at radius 1 is 1.26 bits per heavy atom.